The second kappa shape index (κ2) is 5.18. The zero-order chi connectivity index (χ0) is 12.4. The molecule has 17 heavy (non-hydrogen) atoms. The van der Waals surface area contributed by atoms with Crippen LogP contribution in [-0.4, -0.2) is 4.98 Å². The van der Waals surface area contributed by atoms with E-state index >= 15 is 0 Å². The molecule has 0 amide bonds. The van der Waals surface area contributed by atoms with Crippen molar-refractivity contribution in [3.05, 3.63) is 29.6 Å². The van der Waals surface area contributed by atoms with Crippen LogP contribution in [0, 0.1) is 24.7 Å². The van der Waals surface area contributed by atoms with Gasteiger partial charge in [0.25, 0.3) is 0 Å². The fraction of sp³-hybridized carbons (Fsp3) is 0.667. The monoisotopic (exact) mass is 232 g/mol. The number of nitrogens with two attached hydrogens (primary N) is 1. The normalized spacial score (nSPS) is 31.2. The van der Waals surface area contributed by atoms with Crippen LogP contribution in [0.3, 0.4) is 0 Å². The molecule has 0 saturated heterocycles. The summed E-state index contributed by atoms with van der Waals surface area (Å²) in [5.74, 6) is 2.25. The van der Waals surface area contributed by atoms with Crippen molar-refractivity contribution in [2.24, 2.45) is 23.5 Å². The number of pyridine rings is 1. The molecule has 3 unspecified atom stereocenters. The molecule has 1 fully saturated rings. The van der Waals surface area contributed by atoms with E-state index in [0.717, 1.165) is 17.5 Å². The van der Waals surface area contributed by atoms with E-state index in [0.29, 0.717) is 5.92 Å². The van der Waals surface area contributed by atoms with Crippen molar-refractivity contribution in [2.75, 3.05) is 0 Å². The molecule has 94 valence electrons. The maximum Gasteiger partial charge on any atom is 0.0372 e. The first-order valence-corrected chi connectivity index (χ1v) is 6.74. The lowest BCUT2D eigenvalue weighted by Gasteiger charge is -2.35. The van der Waals surface area contributed by atoms with Crippen LogP contribution in [0.25, 0.3) is 0 Å². The Morgan fingerprint density at radius 2 is 1.82 bits per heavy atom. The highest BCUT2D eigenvalue weighted by Gasteiger charge is 2.28. The maximum atomic E-state index is 6.40. The van der Waals surface area contributed by atoms with Gasteiger partial charge in [0, 0.05) is 17.9 Å². The largest absolute Gasteiger partial charge is 0.324 e. The van der Waals surface area contributed by atoms with Crippen LogP contribution in [0.5, 0.6) is 0 Å². The first-order valence-electron chi connectivity index (χ1n) is 6.74. The van der Waals surface area contributed by atoms with Gasteiger partial charge in [-0.25, -0.2) is 0 Å². The highest BCUT2D eigenvalue weighted by atomic mass is 14.7. The van der Waals surface area contributed by atoms with Crippen molar-refractivity contribution in [1.82, 2.24) is 4.98 Å². The van der Waals surface area contributed by atoms with Gasteiger partial charge in [-0.2, -0.15) is 0 Å². The van der Waals surface area contributed by atoms with E-state index in [9.17, 15) is 0 Å². The predicted molar refractivity (Wildman–Crippen MR) is 71.6 cm³/mol. The van der Waals surface area contributed by atoms with Gasteiger partial charge in [-0.1, -0.05) is 19.9 Å². The number of rotatable bonds is 2. The van der Waals surface area contributed by atoms with Crippen LogP contribution in [-0.2, 0) is 0 Å². The number of hydrogen-bond acceptors (Lipinski definition) is 2. The zero-order valence-corrected chi connectivity index (χ0v) is 11.2. The van der Waals surface area contributed by atoms with Gasteiger partial charge >= 0.3 is 0 Å². The van der Waals surface area contributed by atoms with E-state index in [-0.39, 0.29) is 6.04 Å². The van der Waals surface area contributed by atoms with E-state index in [2.05, 4.69) is 31.0 Å². The quantitative estimate of drug-likeness (QED) is 0.848. The van der Waals surface area contributed by atoms with Crippen LogP contribution in [0.1, 0.15) is 50.4 Å². The Morgan fingerprint density at radius 3 is 2.35 bits per heavy atom. The Kier molecular flexibility index (Phi) is 3.82. The van der Waals surface area contributed by atoms with Crippen molar-refractivity contribution in [3.63, 3.8) is 0 Å². The van der Waals surface area contributed by atoms with E-state index in [1.807, 2.05) is 13.1 Å². The molecule has 0 radical (unpaired) electrons. The lowest BCUT2D eigenvalue weighted by Crippen LogP contribution is -2.29. The van der Waals surface area contributed by atoms with Gasteiger partial charge in [0.1, 0.15) is 0 Å². The average Bonchev–Trinajstić information content (AvgIpc) is 2.28. The summed E-state index contributed by atoms with van der Waals surface area (Å²) in [4.78, 5) is 4.35. The summed E-state index contributed by atoms with van der Waals surface area (Å²) in [6.07, 6.45) is 5.83. The number of aromatic nitrogens is 1. The molecular weight excluding hydrogens is 208 g/mol. The Hall–Kier alpha value is -0.890. The van der Waals surface area contributed by atoms with Gasteiger partial charge in [-0.3, -0.25) is 4.98 Å². The minimum Gasteiger partial charge on any atom is -0.324 e. The molecule has 1 aromatic rings. The molecule has 0 aromatic carbocycles. The van der Waals surface area contributed by atoms with Gasteiger partial charge in [-0.05, 0) is 55.6 Å². The van der Waals surface area contributed by atoms with Crippen LogP contribution in [0.4, 0.5) is 0 Å². The van der Waals surface area contributed by atoms with Crippen molar-refractivity contribution >= 4 is 0 Å². The van der Waals surface area contributed by atoms with Crippen molar-refractivity contribution in [2.45, 2.75) is 46.1 Å². The average molecular weight is 232 g/mol. The van der Waals surface area contributed by atoms with Crippen molar-refractivity contribution in [3.8, 4) is 0 Å². The van der Waals surface area contributed by atoms with Crippen LogP contribution < -0.4 is 5.73 Å². The Morgan fingerprint density at radius 1 is 1.18 bits per heavy atom. The number of aryl methyl sites for hydroxylation is 1. The molecule has 0 spiro atoms. The SMILES string of the molecule is Cc1ccc(C(N)C2CC(C)CC(C)C2)cn1. The van der Waals surface area contributed by atoms with E-state index in [1.54, 1.807) is 0 Å². The third-order valence-electron chi connectivity index (χ3n) is 4.04. The van der Waals surface area contributed by atoms with Gasteiger partial charge in [-0.15, -0.1) is 0 Å². The lowest BCUT2D eigenvalue weighted by molar-refractivity contribution is 0.193. The standard InChI is InChI=1S/C15H24N2/c1-10-6-11(2)8-14(7-10)15(16)13-5-4-12(3)17-9-13/h4-5,9-11,14-15H,6-8,16H2,1-3H3. The molecule has 0 bridgehead atoms. The molecule has 0 aliphatic heterocycles. The van der Waals surface area contributed by atoms with Gasteiger partial charge in [0.05, 0.1) is 0 Å². The topological polar surface area (TPSA) is 38.9 Å². The summed E-state index contributed by atoms with van der Waals surface area (Å²) in [5.41, 5.74) is 8.66. The second-order valence-corrected chi connectivity index (χ2v) is 5.94. The predicted octanol–water partition coefficient (Wildman–Crippen LogP) is 3.46. The molecule has 1 aliphatic carbocycles. The van der Waals surface area contributed by atoms with Gasteiger partial charge in [0.15, 0.2) is 0 Å². The summed E-state index contributed by atoms with van der Waals surface area (Å²) in [5, 5.41) is 0. The molecule has 1 heterocycles. The number of nitrogens with zero attached hydrogens (tertiary/aromatic N) is 1. The smallest absolute Gasteiger partial charge is 0.0372 e. The zero-order valence-electron chi connectivity index (χ0n) is 11.2. The first-order chi connectivity index (χ1) is 8.06. The van der Waals surface area contributed by atoms with Gasteiger partial charge in [0.2, 0.25) is 0 Å². The molecule has 3 atom stereocenters. The lowest BCUT2D eigenvalue weighted by atomic mass is 9.73. The molecule has 1 aromatic heterocycles. The highest BCUT2D eigenvalue weighted by Crippen LogP contribution is 2.38. The summed E-state index contributed by atoms with van der Waals surface area (Å²) in [6, 6.07) is 4.36. The van der Waals surface area contributed by atoms with Gasteiger partial charge < -0.3 is 5.73 Å². The van der Waals surface area contributed by atoms with Crippen molar-refractivity contribution < 1.29 is 0 Å². The Balaban J connectivity index is 2.08. The summed E-state index contributed by atoms with van der Waals surface area (Å²) >= 11 is 0. The van der Waals surface area contributed by atoms with Crippen molar-refractivity contribution in [1.29, 1.82) is 0 Å². The fourth-order valence-corrected chi connectivity index (χ4v) is 3.25. The molecule has 2 nitrogen and oxygen atoms in total. The van der Waals surface area contributed by atoms with Crippen LogP contribution >= 0.6 is 0 Å². The molecule has 2 heteroatoms. The minimum atomic E-state index is 0.160. The summed E-state index contributed by atoms with van der Waals surface area (Å²) in [7, 11) is 0. The fourth-order valence-electron chi connectivity index (χ4n) is 3.25. The first kappa shape index (κ1) is 12.6. The molecular formula is C15H24N2. The molecule has 1 saturated carbocycles. The Labute approximate surface area is 105 Å². The van der Waals surface area contributed by atoms with E-state index in [1.165, 1.54) is 24.8 Å². The third kappa shape index (κ3) is 3.06. The summed E-state index contributed by atoms with van der Waals surface area (Å²) in [6.45, 7) is 6.71. The minimum absolute atomic E-state index is 0.160. The molecule has 2 N–H and O–H groups in total. The summed E-state index contributed by atoms with van der Waals surface area (Å²) < 4.78 is 0. The number of hydrogen-bond donors (Lipinski definition) is 1. The third-order valence-corrected chi connectivity index (χ3v) is 4.04. The second-order valence-electron chi connectivity index (χ2n) is 5.94. The molecule has 2 rings (SSSR count). The highest BCUT2D eigenvalue weighted by molar-refractivity contribution is 5.17. The van der Waals surface area contributed by atoms with E-state index in [4.69, 9.17) is 5.73 Å². The van der Waals surface area contributed by atoms with Crippen LogP contribution in [0.15, 0.2) is 18.3 Å². The van der Waals surface area contributed by atoms with E-state index < -0.39 is 0 Å². The Bertz CT molecular complexity index is 348. The maximum absolute atomic E-state index is 6.40. The molecule has 1 aliphatic rings. The van der Waals surface area contributed by atoms with Crippen LogP contribution in [0.2, 0.25) is 0 Å².